The SMILES string of the molecule is O=C1NN=C(SCC(=O)N2CCCCC2)SC1c1ccccc1. The number of benzene rings is 1. The van der Waals surface area contributed by atoms with E-state index in [1.807, 2.05) is 35.2 Å². The highest BCUT2D eigenvalue weighted by Gasteiger charge is 2.28. The first-order valence-electron chi connectivity index (χ1n) is 7.74. The first-order chi connectivity index (χ1) is 11.2. The fourth-order valence-electron chi connectivity index (χ4n) is 2.61. The van der Waals surface area contributed by atoms with E-state index < -0.39 is 0 Å². The normalized spacial score (nSPS) is 21.6. The zero-order chi connectivity index (χ0) is 16.1. The summed E-state index contributed by atoms with van der Waals surface area (Å²) in [5.74, 6) is 0.419. The maximum absolute atomic E-state index is 12.2. The monoisotopic (exact) mass is 349 g/mol. The molecular formula is C16H19N3O2S2. The number of nitrogens with one attached hydrogen (secondary N) is 1. The average Bonchev–Trinajstić information content (AvgIpc) is 2.62. The summed E-state index contributed by atoms with van der Waals surface area (Å²) in [6, 6.07) is 9.63. The summed E-state index contributed by atoms with van der Waals surface area (Å²) in [5.41, 5.74) is 3.52. The Hall–Kier alpha value is -1.47. The van der Waals surface area contributed by atoms with Gasteiger partial charge in [0.15, 0.2) is 4.38 Å². The van der Waals surface area contributed by atoms with Crippen LogP contribution >= 0.6 is 23.5 Å². The molecule has 0 aliphatic carbocycles. The van der Waals surface area contributed by atoms with Crippen molar-refractivity contribution >= 4 is 39.7 Å². The molecule has 1 atom stereocenters. The van der Waals surface area contributed by atoms with Crippen LogP contribution in [0.15, 0.2) is 35.4 Å². The summed E-state index contributed by atoms with van der Waals surface area (Å²) in [6.07, 6.45) is 3.40. The lowest BCUT2D eigenvalue weighted by Crippen LogP contribution is -2.37. The third-order valence-electron chi connectivity index (χ3n) is 3.84. The molecule has 1 aromatic rings. The van der Waals surface area contributed by atoms with Crippen molar-refractivity contribution in [2.24, 2.45) is 5.10 Å². The molecule has 0 radical (unpaired) electrons. The largest absolute Gasteiger partial charge is 0.342 e. The Bertz CT molecular complexity index is 601. The molecule has 2 aliphatic rings. The Morgan fingerprint density at radius 3 is 2.74 bits per heavy atom. The van der Waals surface area contributed by atoms with Crippen molar-refractivity contribution in [3.8, 4) is 0 Å². The lowest BCUT2D eigenvalue weighted by molar-refractivity contribution is -0.129. The number of hydrogen-bond donors (Lipinski definition) is 1. The number of amides is 2. The van der Waals surface area contributed by atoms with Gasteiger partial charge in [-0.2, -0.15) is 5.10 Å². The van der Waals surface area contributed by atoms with Crippen LogP contribution in [0.1, 0.15) is 30.1 Å². The molecule has 1 fully saturated rings. The number of hydrazone groups is 1. The number of nitrogens with zero attached hydrogens (tertiary/aromatic N) is 2. The Morgan fingerprint density at radius 1 is 1.26 bits per heavy atom. The molecule has 0 saturated carbocycles. The highest BCUT2D eigenvalue weighted by Crippen LogP contribution is 2.36. The predicted octanol–water partition coefficient (Wildman–Crippen LogP) is 2.61. The summed E-state index contributed by atoms with van der Waals surface area (Å²) in [4.78, 5) is 26.1. The summed E-state index contributed by atoms with van der Waals surface area (Å²) < 4.78 is 0.740. The van der Waals surface area contributed by atoms with Crippen molar-refractivity contribution < 1.29 is 9.59 Å². The molecule has 5 nitrogen and oxygen atoms in total. The quantitative estimate of drug-likeness (QED) is 0.911. The van der Waals surface area contributed by atoms with E-state index in [4.69, 9.17) is 0 Å². The third kappa shape index (κ3) is 4.29. The van der Waals surface area contributed by atoms with Gasteiger partial charge in [0.1, 0.15) is 5.25 Å². The van der Waals surface area contributed by atoms with Crippen molar-refractivity contribution in [1.82, 2.24) is 10.3 Å². The van der Waals surface area contributed by atoms with Crippen LogP contribution in [0.4, 0.5) is 0 Å². The van der Waals surface area contributed by atoms with Crippen LogP contribution in [0.2, 0.25) is 0 Å². The van der Waals surface area contributed by atoms with Crippen molar-refractivity contribution in [2.45, 2.75) is 24.5 Å². The third-order valence-corrected chi connectivity index (χ3v) is 6.23. The second kappa shape index (κ2) is 7.88. The highest BCUT2D eigenvalue weighted by atomic mass is 32.2. The fraction of sp³-hybridized carbons (Fsp3) is 0.438. The average molecular weight is 349 g/mol. The van der Waals surface area contributed by atoms with Gasteiger partial charge in [-0.1, -0.05) is 53.9 Å². The van der Waals surface area contributed by atoms with Crippen LogP contribution in [-0.2, 0) is 9.59 Å². The van der Waals surface area contributed by atoms with Gasteiger partial charge >= 0.3 is 0 Å². The molecule has 1 N–H and O–H groups in total. The number of carbonyl (C=O) groups excluding carboxylic acids is 2. The lowest BCUT2D eigenvalue weighted by atomic mass is 10.1. The second-order valence-electron chi connectivity index (χ2n) is 5.49. The molecule has 0 aromatic heterocycles. The van der Waals surface area contributed by atoms with Gasteiger partial charge in [-0.3, -0.25) is 9.59 Å². The molecular weight excluding hydrogens is 330 g/mol. The summed E-state index contributed by atoms with van der Waals surface area (Å²) in [6.45, 7) is 1.73. The van der Waals surface area contributed by atoms with Crippen LogP contribution in [0.25, 0.3) is 0 Å². The Balaban J connectivity index is 1.56. The van der Waals surface area contributed by atoms with Crippen molar-refractivity contribution in [1.29, 1.82) is 0 Å². The van der Waals surface area contributed by atoms with Gasteiger partial charge in [-0.15, -0.1) is 0 Å². The van der Waals surface area contributed by atoms with Gasteiger partial charge in [-0.25, -0.2) is 5.43 Å². The molecule has 0 spiro atoms. The van der Waals surface area contributed by atoms with E-state index in [-0.39, 0.29) is 17.1 Å². The van der Waals surface area contributed by atoms with Gasteiger partial charge in [0, 0.05) is 13.1 Å². The topological polar surface area (TPSA) is 61.8 Å². The molecule has 122 valence electrons. The number of likely N-dealkylation sites (tertiary alicyclic amines) is 1. The minimum Gasteiger partial charge on any atom is -0.342 e. The Morgan fingerprint density at radius 2 is 2.00 bits per heavy atom. The maximum atomic E-state index is 12.2. The van der Waals surface area contributed by atoms with Crippen LogP contribution < -0.4 is 5.43 Å². The molecule has 2 aliphatic heterocycles. The van der Waals surface area contributed by atoms with E-state index in [9.17, 15) is 9.59 Å². The van der Waals surface area contributed by atoms with E-state index >= 15 is 0 Å². The molecule has 0 bridgehead atoms. The zero-order valence-electron chi connectivity index (χ0n) is 12.7. The van der Waals surface area contributed by atoms with Crippen molar-refractivity contribution in [3.63, 3.8) is 0 Å². The maximum Gasteiger partial charge on any atom is 0.258 e. The van der Waals surface area contributed by atoms with E-state index in [1.165, 1.54) is 29.9 Å². The second-order valence-corrected chi connectivity index (χ2v) is 7.81. The number of rotatable bonds is 3. The molecule has 7 heteroatoms. The van der Waals surface area contributed by atoms with Crippen LogP contribution in [0, 0.1) is 0 Å². The fourth-order valence-corrected chi connectivity index (χ4v) is 4.64. The number of carbonyl (C=O) groups is 2. The Labute approximate surface area is 144 Å². The van der Waals surface area contributed by atoms with Crippen LogP contribution in [0.5, 0.6) is 0 Å². The first kappa shape index (κ1) is 16.4. The summed E-state index contributed by atoms with van der Waals surface area (Å²) >= 11 is 2.82. The van der Waals surface area contributed by atoms with Gasteiger partial charge in [0.05, 0.1) is 5.75 Å². The first-order valence-corrected chi connectivity index (χ1v) is 9.60. The predicted molar refractivity (Wildman–Crippen MR) is 95.2 cm³/mol. The van der Waals surface area contributed by atoms with Crippen LogP contribution in [-0.4, -0.2) is 39.9 Å². The van der Waals surface area contributed by atoms with Crippen molar-refractivity contribution in [2.75, 3.05) is 18.8 Å². The van der Waals surface area contributed by atoms with Gasteiger partial charge in [0.2, 0.25) is 5.91 Å². The number of piperidine rings is 1. The molecule has 2 amide bonds. The smallest absolute Gasteiger partial charge is 0.258 e. The van der Waals surface area contributed by atoms with E-state index in [0.29, 0.717) is 5.75 Å². The number of hydrogen-bond acceptors (Lipinski definition) is 5. The number of thioether (sulfide) groups is 2. The van der Waals surface area contributed by atoms with Gasteiger partial charge in [-0.05, 0) is 24.8 Å². The Kier molecular flexibility index (Phi) is 5.61. The molecule has 23 heavy (non-hydrogen) atoms. The molecule has 1 saturated heterocycles. The molecule has 1 aromatic carbocycles. The van der Waals surface area contributed by atoms with E-state index in [0.717, 1.165) is 35.9 Å². The van der Waals surface area contributed by atoms with E-state index in [2.05, 4.69) is 10.5 Å². The summed E-state index contributed by atoms with van der Waals surface area (Å²) in [7, 11) is 0. The lowest BCUT2D eigenvalue weighted by Gasteiger charge is -2.27. The summed E-state index contributed by atoms with van der Waals surface area (Å²) in [5, 5.41) is 3.77. The van der Waals surface area contributed by atoms with Gasteiger partial charge < -0.3 is 4.90 Å². The molecule has 1 unspecified atom stereocenters. The minimum atomic E-state index is -0.304. The molecule has 2 heterocycles. The van der Waals surface area contributed by atoms with Gasteiger partial charge in [0.25, 0.3) is 5.91 Å². The van der Waals surface area contributed by atoms with Crippen molar-refractivity contribution in [3.05, 3.63) is 35.9 Å². The highest BCUT2D eigenvalue weighted by molar-refractivity contribution is 8.39. The zero-order valence-corrected chi connectivity index (χ0v) is 14.4. The van der Waals surface area contributed by atoms with E-state index in [1.54, 1.807) is 0 Å². The van der Waals surface area contributed by atoms with Crippen LogP contribution in [0.3, 0.4) is 0 Å². The molecule has 3 rings (SSSR count). The minimum absolute atomic E-state index is 0.118. The standard InChI is InChI=1S/C16H19N3O2S2/c20-13(19-9-5-2-6-10-19)11-22-16-18-17-15(21)14(23-16)12-7-3-1-4-8-12/h1,3-4,7-8,14H,2,5-6,9-11H2,(H,17,21).